The number of para-hydroxylation sites is 4. The molecule has 2 heterocycles. The second-order valence-corrected chi connectivity index (χ2v) is 16.5. The van der Waals surface area contributed by atoms with Gasteiger partial charge in [-0.1, -0.05) is 123 Å². The number of benzene rings is 9. The molecule has 0 saturated heterocycles. The van der Waals surface area contributed by atoms with Crippen molar-refractivity contribution >= 4 is 60.7 Å². The number of aromatic nitrogens is 3. The van der Waals surface area contributed by atoms with Gasteiger partial charge in [0.2, 0.25) is 0 Å². The summed E-state index contributed by atoms with van der Waals surface area (Å²) in [6, 6.07) is 74.7. The van der Waals surface area contributed by atoms with Crippen molar-refractivity contribution in [3.63, 3.8) is 0 Å². The topological polar surface area (TPSA) is 26.0 Å². The highest BCUT2D eigenvalue weighted by Gasteiger charge is 2.37. The van der Waals surface area contributed by atoms with Crippen molar-refractivity contribution in [2.45, 2.75) is 19.3 Å². The number of hydrogen-bond acceptors (Lipinski definition) is 2. The van der Waals surface area contributed by atoms with E-state index in [9.17, 15) is 0 Å². The minimum absolute atomic E-state index is 0.195. The Morgan fingerprint density at radius 3 is 1.75 bits per heavy atom. The van der Waals surface area contributed by atoms with Crippen LogP contribution in [0.15, 0.2) is 206 Å². The molecule has 0 unspecified atom stereocenters. The molecular formula is C56H40N4. The molecular weight excluding hydrogens is 729 g/mol. The first-order valence-corrected chi connectivity index (χ1v) is 20.7. The molecule has 60 heavy (non-hydrogen) atoms. The van der Waals surface area contributed by atoms with E-state index >= 15 is 0 Å². The number of hydrogen-bond donors (Lipinski definition) is 0. The zero-order chi connectivity index (χ0) is 40.0. The van der Waals surface area contributed by atoms with Gasteiger partial charge in [0.15, 0.2) is 0 Å². The van der Waals surface area contributed by atoms with E-state index in [4.69, 9.17) is 4.98 Å². The van der Waals surface area contributed by atoms with Crippen molar-refractivity contribution in [2.24, 2.45) is 0 Å². The third-order valence-electron chi connectivity index (χ3n) is 12.6. The average molecular weight is 769 g/mol. The number of imidazole rings is 1. The quantitative estimate of drug-likeness (QED) is 0.168. The fourth-order valence-corrected chi connectivity index (χ4v) is 9.77. The zero-order valence-corrected chi connectivity index (χ0v) is 33.4. The monoisotopic (exact) mass is 768 g/mol. The van der Waals surface area contributed by atoms with Crippen molar-refractivity contribution in [1.82, 2.24) is 14.1 Å². The second kappa shape index (κ2) is 13.2. The molecule has 0 radical (unpaired) electrons. The zero-order valence-electron chi connectivity index (χ0n) is 33.4. The Hall–Kier alpha value is -7.69. The molecule has 2 aromatic heterocycles. The molecule has 4 nitrogen and oxygen atoms in total. The van der Waals surface area contributed by atoms with Gasteiger partial charge < -0.3 is 9.47 Å². The highest BCUT2D eigenvalue weighted by molar-refractivity contribution is 6.11. The molecule has 0 bridgehead atoms. The molecule has 0 atom stereocenters. The van der Waals surface area contributed by atoms with E-state index in [0.717, 1.165) is 50.9 Å². The lowest BCUT2D eigenvalue weighted by molar-refractivity contribution is 0.662. The normalized spacial score (nSPS) is 13.0. The summed E-state index contributed by atoms with van der Waals surface area (Å²) >= 11 is 0. The first-order valence-electron chi connectivity index (χ1n) is 20.7. The van der Waals surface area contributed by atoms with Gasteiger partial charge in [0.1, 0.15) is 5.82 Å². The van der Waals surface area contributed by atoms with Gasteiger partial charge in [-0.25, -0.2) is 4.98 Å². The van der Waals surface area contributed by atoms with E-state index in [0.29, 0.717) is 0 Å². The summed E-state index contributed by atoms with van der Waals surface area (Å²) in [4.78, 5) is 7.71. The molecule has 12 rings (SSSR count). The van der Waals surface area contributed by atoms with Crippen molar-refractivity contribution < 1.29 is 0 Å². The Kier molecular flexibility index (Phi) is 7.54. The van der Waals surface area contributed by atoms with Crippen molar-refractivity contribution in [3.8, 4) is 33.9 Å². The molecule has 4 heteroatoms. The van der Waals surface area contributed by atoms with Gasteiger partial charge in [0.05, 0.1) is 22.1 Å². The van der Waals surface area contributed by atoms with E-state index in [-0.39, 0.29) is 5.41 Å². The summed E-state index contributed by atoms with van der Waals surface area (Å²) in [5, 5.41) is 4.90. The standard InChI is InChI=1S/C56H40N4/c1-56(2)49-33-38-27-28-43(58(40-19-9-4-10-20-40)44-29-30-53-48(34-44)45-25-15-16-26-52(45)59(53)41-21-11-5-12-22-41)31-39(38)32-46(49)47-35-54-51(36-50(47)56)57-55(37-17-7-3-8-18-37)60(54)42-23-13-6-14-24-42/h3-36H,1-2H3. The number of nitrogens with zero attached hydrogens (tertiary/aromatic N) is 4. The van der Waals surface area contributed by atoms with E-state index in [1.54, 1.807) is 0 Å². The lowest BCUT2D eigenvalue weighted by Gasteiger charge is -2.26. The molecule has 284 valence electrons. The smallest absolute Gasteiger partial charge is 0.145 e. The minimum atomic E-state index is -0.195. The van der Waals surface area contributed by atoms with Gasteiger partial charge in [-0.15, -0.1) is 0 Å². The first-order chi connectivity index (χ1) is 29.5. The van der Waals surface area contributed by atoms with E-state index in [1.165, 1.54) is 54.8 Å². The van der Waals surface area contributed by atoms with Gasteiger partial charge in [0, 0.05) is 50.2 Å². The van der Waals surface area contributed by atoms with Crippen LogP contribution in [-0.4, -0.2) is 14.1 Å². The van der Waals surface area contributed by atoms with Crippen LogP contribution in [0.1, 0.15) is 25.0 Å². The maximum absolute atomic E-state index is 5.32. The van der Waals surface area contributed by atoms with E-state index in [2.05, 4.69) is 234 Å². The number of anilines is 3. The van der Waals surface area contributed by atoms with Crippen LogP contribution in [0.25, 0.3) is 77.5 Å². The molecule has 0 fully saturated rings. The van der Waals surface area contributed by atoms with Crippen LogP contribution in [0.2, 0.25) is 0 Å². The third kappa shape index (κ3) is 5.20. The van der Waals surface area contributed by atoms with E-state index in [1.807, 2.05) is 0 Å². The molecule has 9 aromatic carbocycles. The highest BCUT2D eigenvalue weighted by atomic mass is 15.1. The Morgan fingerprint density at radius 1 is 0.417 bits per heavy atom. The number of fused-ring (bicyclic) bond motifs is 8. The Bertz CT molecular complexity index is 3440. The van der Waals surface area contributed by atoms with Crippen molar-refractivity contribution in [3.05, 3.63) is 217 Å². The second-order valence-electron chi connectivity index (χ2n) is 16.5. The summed E-state index contributed by atoms with van der Waals surface area (Å²) in [6.45, 7) is 4.72. The molecule has 11 aromatic rings. The number of rotatable bonds is 6. The summed E-state index contributed by atoms with van der Waals surface area (Å²) in [5.41, 5.74) is 16.2. The molecule has 0 N–H and O–H groups in total. The van der Waals surface area contributed by atoms with Crippen LogP contribution in [0.4, 0.5) is 17.1 Å². The molecule has 0 saturated carbocycles. The van der Waals surface area contributed by atoms with Crippen LogP contribution in [0.5, 0.6) is 0 Å². The van der Waals surface area contributed by atoms with Crippen LogP contribution in [-0.2, 0) is 5.41 Å². The fourth-order valence-electron chi connectivity index (χ4n) is 9.77. The summed E-state index contributed by atoms with van der Waals surface area (Å²) in [5.74, 6) is 0.950. The summed E-state index contributed by atoms with van der Waals surface area (Å²) in [6.07, 6.45) is 0. The maximum atomic E-state index is 5.32. The SMILES string of the molecule is CC1(C)c2cc3ccc(N(c4ccccc4)c4ccc5c(c4)c4ccccc4n5-c4ccccc4)cc3cc2-c2cc3c(cc21)nc(-c1ccccc1)n3-c1ccccc1. The molecule has 0 aliphatic heterocycles. The summed E-state index contributed by atoms with van der Waals surface area (Å²) in [7, 11) is 0. The van der Waals surface area contributed by atoms with Gasteiger partial charge in [-0.3, -0.25) is 4.57 Å². The predicted octanol–water partition coefficient (Wildman–Crippen LogP) is 14.7. The predicted molar refractivity (Wildman–Crippen MR) is 251 cm³/mol. The van der Waals surface area contributed by atoms with Gasteiger partial charge >= 0.3 is 0 Å². The first kappa shape index (κ1) is 34.4. The Labute approximate surface area is 348 Å². The van der Waals surface area contributed by atoms with Crippen LogP contribution >= 0.6 is 0 Å². The van der Waals surface area contributed by atoms with Crippen molar-refractivity contribution in [1.29, 1.82) is 0 Å². The van der Waals surface area contributed by atoms with Crippen LogP contribution < -0.4 is 4.90 Å². The van der Waals surface area contributed by atoms with Crippen molar-refractivity contribution in [2.75, 3.05) is 4.90 Å². The fraction of sp³-hybridized carbons (Fsp3) is 0.0536. The summed E-state index contributed by atoms with van der Waals surface area (Å²) < 4.78 is 4.70. The van der Waals surface area contributed by atoms with Crippen LogP contribution in [0.3, 0.4) is 0 Å². The molecule has 0 amide bonds. The molecule has 1 aliphatic rings. The highest BCUT2D eigenvalue weighted by Crippen LogP contribution is 2.52. The average Bonchev–Trinajstić information content (AvgIpc) is 3.91. The molecule has 1 aliphatic carbocycles. The molecule has 0 spiro atoms. The Balaban J connectivity index is 1.04. The van der Waals surface area contributed by atoms with Gasteiger partial charge in [-0.05, 0) is 130 Å². The van der Waals surface area contributed by atoms with Gasteiger partial charge in [0.25, 0.3) is 0 Å². The van der Waals surface area contributed by atoms with Crippen LogP contribution in [0, 0.1) is 0 Å². The lowest BCUT2D eigenvalue weighted by atomic mass is 9.82. The third-order valence-corrected chi connectivity index (χ3v) is 12.6. The lowest BCUT2D eigenvalue weighted by Crippen LogP contribution is -2.15. The van der Waals surface area contributed by atoms with Gasteiger partial charge in [-0.2, -0.15) is 0 Å². The van der Waals surface area contributed by atoms with E-state index < -0.39 is 0 Å². The maximum Gasteiger partial charge on any atom is 0.145 e. The minimum Gasteiger partial charge on any atom is -0.310 e. The Morgan fingerprint density at radius 2 is 1.00 bits per heavy atom. The largest absolute Gasteiger partial charge is 0.310 e.